The van der Waals surface area contributed by atoms with Gasteiger partial charge in [-0.2, -0.15) is 0 Å². The van der Waals surface area contributed by atoms with Crippen LogP contribution in [0.5, 0.6) is 0 Å². The smallest absolute Gasteiger partial charge is 0.307 e. The van der Waals surface area contributed by atoms with Crippen LogP contribution in [0, 0.1) is 15.9 Å². The molecule has 0 spiro atoms. The van der Waals surface area contributed by atoms with Gasteiger partial charge in [-0.3, -0.25) is 19.7 Å². The van der Waals surface area contributed by atoms with Crippen molar-refractivity contribution in [1.29, 1.82) is 0 Å². The van der Waals surface area contributed by atoms with Gasteiger partial charge in [-0.05, 0) is 6.07 Å². The van der Waals surface area contributed by atoms with Gasteiger partial charge in [0.05, 0.1) is 24.5 Å². The fraction of sp³-hybridized carbons (Fsp3) is 0.333. The van der Waals surface area contributed by atoms with E-state index in [-0.39, 0.29) is 18.5 Å². The van der Waals surface area contributed by atoms with Crippen LogP contribution < -0.4 is 0 Å². The van der Waals surface area contributed by atoms with Crippen LogP contribution in [-0.2, 0) is 9.53 Å². The standard InChI is InChI=1S/C12H13FN2O5/c1-14(4-3-11(16)20-2)12(17)8-5-9(13)7-10(6-8)15(18)19/h5-7H,3-4H2,1-2H3. The molecule has 0 radical (unpaired) electrons. The lowest BCUT2D eigenvalue weighted by atomic mass is 10.1. The summed E-state index contributed by atoms with van der Waals surface area (Å²) >= 11 is 0. The SMILES string of the molecule is COC(=O)CCN(C)C(=O)c1cc(F)cc([N+](=O)[O-])c1. The van der Waals surface area contributed by atoms with E-state index in [1.807, 2.05) is 0 Å². The summed E-state index contributed by atoms with van der Waals surface area (Å²) in [6.45, 7) is 0.0653. The van der Waals surface area contributed by atoms with Crippen LogP contribution in [0.3, 0.4) is 0 Å². The molecule has 0 N–H and O–H groups in total. The van der Waals surface area contributed by atoms with Crippen LogP contribution >= 0.6 is 0 Å². The molecular weight excluding hydrogens is 271 g/mol. The summed E-state index contributed by atoms with van der Waals surface area (Å²) in [7, 11) is 2.63. The molecule has 0 unspecified atom stereocenters. The van der Waals surface area contributed by atoms with Gasteiger partial charge in [0.2, 0.25) is 0 Å². The number of hydrogen-bond acceptors (Lipinski definition) is 5. The third-order valence-electron chi connectivity index (χ3n) is 2.57. The van der Waals surface area contributed by atoms with E-state index in [4.69, 9.17) is 0 Å². The van der Waals surface area contributed by atoms with Crippen molar-refractivity contribution < 1.29 is 23.6 Å². The minimum Gasteiger partial charge on any atom is -0.469 e. The molecule has 108 valence electrons. The Morgan fingerprint density at radius 3 is 2.60 bits per heavy atom. The molecule has 0 atom stereocenters. The average Bonchev–Trinajstić information content (AvgIpc) is 2.42. The molecule has 1 aromatic rings. The highest BCUT2D eigenvalue weighted by Crippen LogP contribution is 2.17. The summed E-state index contributed by atoms with van der Waals surface area (Å²) in [5.41, 5.74) is -0.654. The van der Waals surface area contributed by atoms with E-state index in [0.717, 1.165) is 23.1 Å². The zero-order valence-electron chi connectivity index (χ0n) is 11.0. The molecule has 0 aliphatic carbocycles. The molecule has 0 heterocycles. The van der Waals surface area contributed by atoms with Gasteiger partial charge in [0.1, 0.15) is 5.82 Å². The first-order valence-corrected chi connectivity index (χ1v) is 5.62. The summed E-state index contributed by atoms with van der Waals surface area (Å²) < 4.78 is 17.7. The maximum atomic E-state index is 13.2. The van der Waals surface area contributed by atoms with Crippen molar-refractivity contribution in [3.8, 4) is 0 Å². The van der Waals surface area contributed by atoms with Crippen molar-refractivity contribution in [1.82, 2.24) is 4.90 Å². The van der Waals surface area contributed by atoms with Crippen molar-refractivity contribution in [2.75, 3.05) is 20.7 Å². The summed E-state index contributed by atoms with van der Waals surface area (Å²) in [5.74, 6) is -1.98. The Morgan fingerprint density at radius 1 is 1.40 bits per heavy atom. The molecule has 20 heavy (non-hydrogen) atoms. The van der Waals surface area contributed by atoms with Crippen LogP contribution in [0.4, 0.5) is 10.1 Å². The molecule has 0 saturated carbocycles. The lowest BCUT2D eigenvalue weighted by Gasteiger charge is -2.16. The molecule has 0 aromatic heterocycles. The molecule has 0 aliphatic heterocycles. The Morgan fingerprint density at radius 2 is 2.05 bits per heavy atom. The van der Waals surface area contributed by atoms with Crippen LogP contribution in [0.15, 0.2) is 18.2 Å². The molecule has 1 aromatic carbocycles. The minimum absolute atomic E-state index is 0.0177. The van der Waals surface area contributed by atoms with Crippen LogP contribution in [0.25, 0.3) is 0 Å². The molecule has 0 aliphatic rings. The zero-order valence-corrected chi connectivity index (χ0v) is 11.0. The molecule has 1 amide bonds. The van der Waals surface area contributed by atoms with Crippen molar-refractivity contribution >= 4 is 17.6 Å². The van der Waals surface area contributed by atoms with Crippen LogP contribution in [-0.4, -0.2) is 42.4 Å². The van der Waals surface area contributed by atoms with Gasteiger partial charge in [0.25, 0.3) is 11.6 Å². The zero-order chi connectivity index (χ0) is 15.3. The van der Waals surface area contributed by atoms with Crippen molar-refractivity contribution in [2.45, 2.75) is 6.42 Å². The second kappa shape index (κ2) is 6.60. The lowest BCUT2D eigenvalue weighted by molar-refractivity contribution is -0.385. The molecule has 8 heteroatoms. The van der Waals surface area contributed by atoms with Gasteiger partial charge in [0.15, 0.2) is 0 Å². The van der Waals surface area contributed by atoms with Crippen LogP contribution in [0.1, 0.15) is 16.8 Å². The van der Waals surface area contributed by atoms with E-state index in [0.29, 0.717) is 0 Å². The van der Waals surface area contributed by atoms with Gasteiger partial charge in [-0.1, -0.05) is 0 Å². The van der Waals surface area contributed by atoms with Crippen molar-refractivity contribution in [3.05, 3.63) is 39.7 Å². The minimum atomic E-state index is -0.871. The van der Waals surface area contributed by atoms with Gasteiger partial charge < -0.3 is 9.64 Å². The number of halogens is 1. The highest BCUT2D eigenvalue weighted by molar-refractivity contribution is 5.94. The number of esters is 1. The number of nitro benzene ring substituents is 1. The predicted molar refractivity (Wildman–Crippen MR) is 66.6 cm³/mol. The first-order valence-electron chi connectivity index (χ1n) is 5.62. The number of nitrogens with zero attached hydrogens (tertiary/aromatic N) is 2. The highest BCUT2D eigenvalue weighted by atomic mass is 19.1. The van der Waals surface area contributed by atoms with E-state index in [1.54, 1.807) is 0 Å². The maximum Gasteiger partial charge on any atom is 0.307 e. The summed E-state index contributed by atoms with van der Waals surface area (Å²) in [6.07, 6.45) is -0.0177. The normalized spacial score (nSPS) is 9.95. The highest BCUT2D eigenvalue weighted by Gasteiger charge is 2.18. The average molecular weight is 284 g/mol. The Balaban J connectivity index is 2.86. The van der Waals surface area contributed by atoms with E-state index in [1.165, 1.54) is 14.2 Å². The number of carbonyl (C=O) groups is 2. The van der Waals surface area contributed by atoms with Gasteiger partial charge in [0, 0.05) is 25.2 Å². The maximum absolute atomic E-state index is 13.2. The predicted octanol–water partition coefficient (Wildman–Crippen LogP) is 1.37. The third kappa shape index (κ3) is 4.01. The monoisotopic (exact) mass is 284 g/mol. The van der Waals surface area contributed by atoms with Crippen molar-refractivity contribution in [3.63, 3.8) is 0 Å². The van der Waals surface area contributed by atoms with Gasteiger partial charge in [-0.15, -0.1) is 0 Å². The van der Waals surface area contributed by atoms with E-state index in [9.17, 15) is 24.1 Å². The van der Waals surface area contributed by atoms with Gasteiger partial charge >= 0.3 is 5.97 Å². The Hall–Kier alpha value is -2.51. The van der Waals surface area contributed by atoms with E-state index in [2.05, 4.69) is 4.74 Å². The quantitative estimate of drug-likeness (QED) is 0.462. The largest absolute Gasteiger partial charge is 0.469 e. The summed E-state index contributed by atoms with van der Waals surface area (Å²) in [6, 6.07) is 2.62. The Labute approximate surface area is 114 Å². The topological polar surface area (TPSA) is 89.8 Å². The fourth-order valence-corrected chi connectivity index (χ4v) is 1.49. The Bertz CT molecular complexity index is 547. The second-order valence-electron chi connectivity index (χ2n) is 4.01. The molecular formula is C12H13FN2O5. The van der Waals surface area contributed by atoms with E-state index < -0.39 is 28.3 Å². The van der Waals surface area contributed by atoms with Crippen molar-refractivity contribution in [2.24, 2.45) is 0 Å². The van der Waals surface area contributed by atoms with Crippen LogP contribution in [0.2, 0.25) is 0 Å². The number of nitro groups is 1. The summed E-state index contributed by atoms with van der Waals surface area (Å²) in [4.78, 5) is 33.9. The number of ether oxygens (including phenoxy) is 1. The summed E-state index contributed by atoms with van der Waals surface area (Å²) in [5, 5.41) is 10.6. The number of methoxy groups -OCH3 is 1. The number of hydrogen-bond donors (Lipinski definition) is 0. The number of rotatable bonds is 5. The second-order valence-corrected chi connectivity index (χ2v) is 4.01. The molecule has 0 bridgehead atoms. The first-order chi connectivity index (χ1) is 9.35. The fourth-order valence-electron chi connectivity index (χ4n) is 1.49. The lowest BCUT2D eigenvalue weighted by Crippen LogP contribution is -2.29. The van der Waals surface area contributed by atoms with E-state index >= 15 is 0 Å². The van der Waals surface area contributed by atoms with Gasteiger partial charge in [-0.25, -0.2) is 4.39 Å². The Kier molecular flexibility index (Phi) is 5.13. The molecule has 1 rings (SSSR count). The number of benzene rings is 1. The number of non-ortho nitro benzene ring substituents is 1. The third-order valence-corrected chi connectivity index (χ3v) is 2.57. The molecule has 0 saturated heterocycles. The number of carbonyl (C=O) groups excluding carboxylic acids is 2. The molecule has 0 fully saturated rings. The molecule has 7 nitrogen and oxygen atoms in total. The first kappa shape index (κ1) is 15.5. The number of amides is 1.